The van der Waals surface area contributed by atoms with E-state index in [1.807, 2.05) is 64.1 Å². The second kappa shape index (κ2) is 12.4. The molecule has 7 heteroatoms. The average Bonchev–Trinajstić information content (AvgIpc) is 2.86. The number of amides is 1. The third-order valence-electron chi connectivity index (χ3n) is 5.79. The van der Waals surface area contributed by atoms with E-state index in [0.717, 1.165) is 44.4 Å². The monoisotopic (exact) mass is 498 g/mol. The molecule has 3 N–H and O–H groups in total. The molecule has 0 aliphatic heterocycles. The summed E-state index contributed by atoms with van der Waals surface area (Å²) in [4.78, 5) is 19.3. The number of phenolic OH excluding ortho intramolecular Hbond substituents is 1. The number of carbonyl (C=O) groups excluding carboxylic acids is 1. The van der Waals surface area contributed by atoms with Gasteiger partial charge < -0.3 is 10.4 Å². The van der Waals surface area contributed by atoms with Gasteiger partial charge in [0.25, 0.3) is 0 Å². The molecule has 0 unspecified atom stereocenters. The first-order valence-electron chi connectivity index (χ1n) is 11.8. The van der Waals surface area contributed by atoms with Crippen LogP contribution in [0.15, 0.2) is 78.1 Å². The molecule has 0 aliphatic carbocycles. The van der Waals surface area contributed by atoms with E-state index >= 15 is 0 Å². The van der Waals surface area contributed by atoms with Crippen LogP contribution in [0.2, 0.25) is 0 Å². The highest BCUT2D eigenvalue weighted by molar-refractivity contribution is 6.00. The summed E-state index contributed by atoms with van der Waals surface area (Å²) in [6, 6.07) is 18.1. The van der Waals surface area contributed by atoms with Crippen molar-refractivity contribution in [2.45, 2.75) is 34.6 Å². The van der Waals surface area contributed by atoms with Crippen molar-refractivity contribution in [1.82, 2.24) is 10.3 Å². The Labute approximate surface area is 216 Å². The molecular formula is C30H31FN4O2. The summed E-state index contributed by atoms with van der Waals surface area (Å²) in [6.07, 6.45) is 3.92. The molecule has 190 valence electrons. The van der Waals surface area contributed by atoms with Gasteiger partial charge in [-0.2, -0.15) is 0 Å². The highest BCUT2D eigenvalue weighted by Gasteiger charge is 2.04. The van der Waals surface area contributed by atoms with Crippen LogP contribution in [0.4, 0.5) is 10.1 Å². The number of hydrogen-bond donors (Lipinski definition) is 3. The van der Waals surface area contributed by atoms with Crippen LogP contribution in [-0.2, 0) is 4.79 Å². The van der Waals surface area contributed by atoms with Crippen LogP contribution < -0.4 is 10.6 Å². The number of hydrogen-bond acceptors (Lipinski definition) is 4. The Balaban J connectivity index is 0.000000262. The highest BCUT2D eigenvalue weighted by Crippen LogP contribution is 2.21. The fraction of sp³-hybridized carbons (Fsp3) is 0.167. The van der Waals surface area contributed by atoms with Crippen molar-refractivity contribution >= 4 is 34.5 Å². The first-order chi connectivity index (χ1) is 17.7. The third kappa shape index (κ3) is 7.48. The Kier molecular flexibility index (Phi) is 9.11. The third-order valence-corrected chi connectivity index (χ3v) is 5.79. The molecule has 1 heterocycles. The van der Waals surface area contributed by atoms with Gasteiger partial charge >= 0.3 is 0 Å². The van der Waals surface area contributed by atoms with Gasteiger partial charge in [-0.3, -0.25) is 15.1 Å². The lowest BCUT2D eigenvalue weighted by atomic mass is 10.1. The number of carbonyl (C=O) groups is 1. The number of pyridine rings is 1. The van der Waals surface area contributed by atoms with Crippen molar-refractivity contribution in [3.63, 3.8) is 0 Å². The van der Waals surface area contributed by atoms with E-state index in [-0.39, 0.29) is 5.82 Å². The summed E-state index contributed by atoms with van der Waals surface area (Å²) in [5, 5.41) is 15.9. The molecule has 0 spiro atoms. The lowest BCUT2D eigenvalue weighted by Gasteiger charge is -2.11. The van der Waals surface area contributed by atoms with Gasteiger partial charge in [0, 0.05) is 23.5 Å². The topological polar surface area (TPSA) is 86.6 Å². The first kappa shape index (κ1) is 27.1. The maximum atomic E-state index is 13.7. The second-order valence-corrected chi connectivity index (χ2v) is 8.79. The highest BCUT2D eigenvalue weighted by atomic mass is 19.1. The van der Waals surface area contributed by atoms with Crippen LogP contribution >= 0.6 is 0 Å². The smallest absolute Gasteiger partial charge is 0.213 e. The van der Waals surface area contributed by atoms with Crippen LogP contribution in [0, 0.1) is 33.5 Å². The molecule has 3 aromatic carbocycles. The molecule has 1 amide bonds. The first-order valence-corrected chi connectivity index (χ1v) is 11.8. The van der Waals surface area contributed by atoms with Crippen LogP contribution in [0.5, 0.6) is 5.75 Å². The van der Waals surface area contributed by atoms with Crippen LogP contribution in [0.25, 0.3) is 16.5 Å². The fourth-order valence-electron chi connectivity index (χ4n) is 3.59. The molecule has 4 aromatic rings. The van der Waals surface area contributed by atoms with Crippen molar-refractivity contribution in [2.24, 2.45) is 4.99 Å². The zero-order valence-corrected chi connectivity index (χ0v) is 21.6. The Hall–Kier alpha value is -4.52. The van der Waals surface area contributed by atoms with Crippen LogP contribution in [0.3, 0.4) is 0 Å². The van der Waals surface area contributed by atoms with Gasteiger partial charge in [0.1, 0.15) is 11.6 Å². The van der Waals surface area contributed by atoms with Gasteiger partial charge in [-0.15, -0.1) is 0 Å². The number of anilines is 1. The van der Waals surface area contributed by atoms with Crippen molar-refractivity contribution in [3.8, 4) is 5.75 Å². The van der Waals surface area contributed by atoms with Crippen LogP contribution in [0.1, 0.15) is 34.7 Å². The number of halogens is 1. The molecule has 0 aliphatic rings. The van der Waals surface area contributed by atoms with Gasteiger partial charge in [-0.25, -0.2) is 9.38 Å². The molecule has 0 radical (unpaired) electrons. The zero-order valence-electron chi connectivity index (χ0n) is 21.6. The molecule has 0 saturated carbocycles. The molecule has 0 fully saturated rings. The quantitative estimate of drug-likeness (QED) is 0.169. The lowest BCUT2D eigenvalue weighted by Crippen LogP contribution is -2.29. The van der Waals surface area contributed by atoms with Gasteiger partial charge in [-0.1, -0.05) is 29.8 Å². The van der Waals surface area contributed by atoms with Gasteiger partial charge in [0.05, 0.1) is 5.52 Å². The summed E-state index contributed by atoms with van der Waals surface area (Å²) in [5.74, 6) is 0.335. The SMILES string of the molecule is C/C(=C\N=C(NC=O)Nc1ccc(C)cc1C)c1ccc(C)c(F)c1.Cc1ccnc2ccc(O)cc12. The number of fused-ring (bicyclic) bond motifs is 1. The predicted molar refractivity (Wildman–Crippen MR) is 149 cm³/mol. The molecule has 0 saturated heterocycles. The van der Waals surface area contributed by atoms with E-state index in [1.165, 1.54) is 6.07 Å². The lowest BCUT2D eigenvalue weighted by molar-refractivity contribution is -0.108. The number of rotatable bonds is 4. The number of phenols is 1. The normalized spacial score (nSPS) is 11.5. The second-order valence-electron chi connectivity index (χ2n) is 8.79. The van der Waals surface area contributed by atoms with E-state index in [0.29, 0.717) is 23.7 Å². The molecule has 1 aromatic heterocycles. The largest absolute Gasteiger partial charge is 0.508 e. The van der Waals surface area contributed by atoms with Gasteiger partial charge in [0.2, 0.25) is 12.4 Å². The summed E-state index contributed by atoms with van der Waals surface area (Å²) in [6.45, 7) is 9.55. The minimum atomic E-state index is -0.256. The van der Waals surface area contributed by atoms with Crippen molar-refractivity contribution in [2.75, 3.05) is 5.32 Å². The van der Waals surface area contributed by atoms with Crippen molar-refractivity contribution in [3.05, 3.63) is 107 Å². The molecule has 37 heavy (non-hydrogen) atoms. The minimum Gasteiger partial charge on any atom is -0.508 e. The summed E-state index contributed by atoms with van der Waals surface area (Å²) < 4.78 is 13.7. The number of aromatic hydroxyl groups is 1. The van der Waals surface area contributed by atoms with Crippen LogP contribution in [-0.4, -0.2) is 22.5 Å². The summed E-state index contributed by atoms with van der Waals surface area (Å²) in [7, 11) is 0. The summed E-state index contributed by atoms with van der Waals surface area (Å²) >= 11 is 0. The summed E-state index contributed by atoms with van der Waals surface area (Å²) in [5.41, 5.74) is 7.23. The number of aliphatic imine (C=N–C) groups is 1. The number of nitrogens with zero attached hydrogens (tertiary/aromatic N) is 2. The number of guanidine groups is 1. The average molecular weight is 499 g/mol. The van der Waals surface area contributed by atoms with Crippen molar-refractivity contribution in [1.29, 1.82) is 0 Å². The Bertz CT molecular complexity index is 1480. The minimum absolute atomic E-state index is 0.256. The molecule has 4 rings (SSSR count). The molecular weight excluding hydrogens is 467 g/mol. The Morgan fingerprint density at radius 2 is 1.73 bits per heavy atom. The Morgan fingerprint density at radius 3 is 2.43 bits per heavy atom. The van der Waals surface area contributed by atoms with E-state index in [9.17, 15) is 14.3 Å². The number of nitrogens with one attached hydrogen (secondary N) is 2. The van der Waals surface area contributed by atoms with E-state index in [4.69, 9.17) is 0 Å². The number of allylic oxidation sites excluding steroid dienone is 1. The van der Waals surface area contributed by atoms with Gasteiger partial charge in [0.15, 0.2) is 0 Å². The fourth-order valence-corrected chi connectivity index (χ4v) is 3.59. The number of aryl methyl sites for hydroxylation is 4. The number of benzene rings is 3. The maximum absolute atomic E-state index is 13.7. The van der Waals surface area contributed by atoms with E-state index < -0.39 is 0 Å². The maximum Gasteiger partial charge on any atom is 0.213 e. The predicted octanol–water partition coefficient (Wildman–Crippen LogP) is 6.57. The standard InChI is InChI=1S/C20H22FN3O.C10H9NO/c1-13-5-8-19(15(3)9-13)24-20(23-12-25)22-11-16(4)17-7-6-14(2)18(21)10-17;1-7-4-5-11-10-3-2-8(12)6-9(7)10/h5-12H,1-4H3,(H2,22,23,24,25);2-6,12H,1H3/b16-11+;. The van der Waals surface area contributed by atoms with E-state index in [2.05, 4.69) is 20.6 Å². The van der Waals surface area contributed by atoms with Crippen molar-refractivity contribution < 1.29 is 14.3 Å². The molecule has 0 bridgehead atoms. The molecule has 0 atom stereocenters. The number of aromatic nitrogens is 1. The molecule has 6 nitrogen and oxygen atoms in total. The Morgan fingerprint density at radius 1 is 0.946 bits per heavy atom. The van der Waals surface area contributed by atoms with E-state index in [1.54, 1.807) is 37.5 Å². The van der Waals surface area contributed by atoms with Gasteiger partial charge in [-0.05, 0) is 98.8 Å². The zero-order chi connectivity index (χ0) is 26.9.